The van der Waals surface area contributed by atoms with Crippen LogP contribution in [0.3, 0.4) is 0 Å². The van der Waals surface area contributed by atoms with Crippen LogP contribution < -0.4 is 15.2 Å². The minimum absolute atomic E-state index is 0.121. The molecule has 0 saturated heterocycles. The largest absolute Gasteiger partial charge is 0.497 e. The molecular weight excluding hydrogens is 257 g/mol. The van der Waals surface area contributed by atoms with Gasteiger partial charge in [-0.2, -0.15) is 0 Å². The molecule has 1 unspecified atom stereocenters. The molecule has 3 nitrogen and oxygen atoms in total. The number of benzene rings is 2. The van der Waals surface area contributed by atoms with E-state index in [0.717, 1.165) is 22.6 Å². The highest BCUT2D eigenvalue weighted by Crippen LogP contribution is 2.41. The zero-order chi connectivity index (χ0) is 14.1. The summed E-state index contributed by atoms with van der Waals surface area (Å²) in [5, 5.41) is 0. The van der Waals surface area contributed by atoms with Crippen LogP contribution in [0.25, 0.3) is 0 Å². The fraction of sp³-hybridized carbons (Fsp3) is 0.250. The molecule has 3 rings (SSSR count). The van der Waals surface area contributed by atoms with Crippen LogP contribution in [0.15, 0.2) is 42.5 Å². The summed E-state index contributed by atoms with van der Waals surface area (Å²) in [7, 11) is 1.62. The third-order valence-electron chi connectivity index (χ3n) is 3.60. The first-order chi connectivity index (χ1) is 9.67. The highest BCUT2D eigenvalue weighted by Gasteiger charge is 2.27. The fourth-order valence-electron chi connectivity index (χ4n) is 2.49. The number of rotatable bonds is 2. The molecule has 4 heteroatoms. The first-order valence-corrected chi connectivity index (χ1v) is 6.53. The van der Waals surface area contributed by atoms with Gasteiger partial charge in [-0.25, -0.2) is 4.39 Å². The molecule has 2 aromatic carbocycles. The Labute approximate surface area is 117 Å². The standard InChI is InChI=1S/C16H16FNO2/c1-19-12-6-7-15-13(8-12)14(18)9-16(20-15)10-2-4-11(17)5-3-10/h2-8,14,16H,9,18H2,1H3/t14-,16?/m1/s1. The summed E-state index contributed by atoms with van der Waals surface area (Å²) in [5.41, 5.74) is 8.10. The molecule has 0 fully saturated rings. The molecule has 0 bridgehead atoms. The van der Waals surface area contributed by atoms with Gasteiger partial charge in [-0.15, -0.1) is 0 Å². The first-order valence-electron chi connectivity index (χ1n) is 6.53. The van der Waals surface area contributed by atoms with Gasteiger partial charge in [0.15, 0.2) is 0 Å². The fourth-order valence-corrected chi connectivity index (χ4v) is 2.49. The van der Waals surface area contributed by atoms with Crippen molar-refractivity contribution in [2.75, 3.05) is 7.11 Å². The van der Waals surface area contributed by atoms with Crippen molar-refractivity contribution in [2.24, 2.45) is 5.73 Å². The van der Waals surface area contributed by atoms with E-state index in [0.29, 0.717) is 6.42 Å². The maximum absolute atomic E-state index is 13.0. The van der Waals surface area contributed by atoms with E-state index in [2.05, 4.69) is 0 Å². The lowest BCUT2D eigenvalue weighted by atomic mass is 9.93. The minimum Gasteiger partial charge on any atom is -0.497 e. The van der Waals surface area contributed by atoms with Crippen molar-refractivity contribution in [2.45, 2.75) is 18.6 Å². The van der Waals surface area contributed by atoms with E-state index in [-0.39, 0.29) is 18.0 Å². The van der Waals surface area contributed by atoms with Crippen LogP contribution in [0.5, 0.6) is 11.5 Å². The molecule has 0 saturated carbocycles. The van der Waals surface area contributed by atoms with Crippen LogP contribution in [-0.2, 0) is 0 Å². The molecule has 1 aliphatic rings. The summed E-state index contributed by atoms with van der Waals surface area (Å²) in [6.45, 7) is 0. The lowest BCUT2D eigenvalue weighted by Crippen LogP contribution is -2.24. The van der Waals surface area contributed by atoms with Gasteiger partial charge in [0, 0.05) is 18.0 Å². The predicted octanol–water partition coefficient (Wildman–Crippen LogP) is 3.36. The Hall–Kier alpha value is -2.07. The van der Waals surface area contributed by atoms with Crippen LogP contribution in [0.2, 0.25) is 0 Å². The Kier molecular flexibility index (Phi) is 3.32. The second-order valence-corrected chi connectivity index (χ2v) is 4.90. The highest BCUT2D eigenvalue weighted by atomic mass is 19.1. The third kappa shape index (κ3) is 2.34. The van der Waals surface area contributed by atoms with E-state index >= 15 is 0 Å². The van der Waals surface area contributed by atoms with Gasteiger partial charge in [0.25, 0.3) is 0 Å². The highest BCUT2D eigenvalue weighted by molar-refractivity contribution is 5.44. The number of methoxy groups -OCH3 is 1. The van der Waals surface area contributed by atoms with E-state index in [1.54, 1.807) is 19.2 Å². The summed E-state index contributed by atoms with van der Waals surface area (Å²) in [6, 6.07) is 11.8. The monoisotopic (exact) mass is 273 g/mol. The van der Waals surface area contributed by atoms with Gasteiger partial charge in [0.05, 0.1) is 7.11 Å². The Morgan fingerprint density at radius 1 is 1.20 bits per heavy atom. The molecule has 1 heterocycles. The molecule has 0 radical (unpaired) electrons. The van der Waals surface area contributed by atoms with Crippen LogP contribution in [0.4, 0.5) is 4.39 Å². The molecule has 2 N–H and O–H groups in total. The van der Waals surface area contributed by atoms with E-state index < -0.39 is 0 Å². The van der Waals surface area contributed by atoms with Crippen LogP contribution in [0.1, 0.15) is 29.7 Å². The smallest absolute Gasteiger partial charge is 0.126 e. The average Bonchev–Trinajstić information content (AvgIpc) is 2.47. The lowest BCUT2D eigenvalue weighted by molar-refractivity contribution is 0.161. The van der Waals surface area contributed by atoms with Gasteiger partial charge >= 0.3 is 0 Å². The summed E-state index contributed by atoms with van der Waals surface area (Å²) >= 11 is 0. The van der Waals surface area contributed by atoms with Crippen molar-refractivity contribution in [1.29, 1.82) is 0 Å². The average molecular weight is 273 g/mol. The van der Waals surface area contributed by atoms with Gasteiger partial charge in [-0.3, -0.25) is 0 Å². The van der Waals surface area contributed by atoms with Gasteiger partial charge in [0.1, 0.15) is 23.4 Å². The maximum Gasteiger partial charge on any atom is 0.126 e. The second kappa shape index (κ2) is 5.13. The van der Waals surface area contributed by atoms with Crippen LogP contribution >= 0.6 is 0 Å². The van der Waals surface area contributed by atoms with Gasteiger partial charge in [0.2, 0.25) is 0 Å². The van der Waals surface area contributed by atoms with E-state index in [9.17, 15) is 4.39 Å². The molecule has 0 spiro atoms. The Morgan fingerprint density at radius 2 is 1.95 bits per heavy atom. The maximum atomic E-state index is 13.0. The van der Waals surface area contributed by atoms with Crippen molar-refractivity contribution >= 4 is 0 Å². The van der Waals surface area contributed by atoms with Crippen molar-refractivity contribution in [1.82, 2.24) is 0 Å². The number of halogens is 1. The minimum atomic E-state index is -0.251. The van der Waals surface area contributed by atoms with Crippen molar-refractivity contribution < 1.29 is 13.9 Å². The quantitative estimate of drug-likeness (QED) is 0.912. The molecule has 0 aliphatic carbocycles. The number of ether oxygens (including phenoxy) is 2. The second-order valence-electron chi connectivity index (χ2n) is 4.90. The first kappa shape index (κ1) is 12.9. The molecule has 20 heavy (non-hydrogen) atoms. The Balaban J connectivity index is 1.90. The molecule has 1 aliphatic heterocycles. The van der Waals surface area contributed by atoms with Gasteiger partial charge in [-0.1, -0.05) is 12.1 Å². The Morgan fingerprint density at radius 3 is 2.65 bits per heavy atom. The summed E-state index contributed by atoms with van der Waals surface area (Å²) in [6.07, 6.45) is 0.512. The zero-order valence-corrected chi connectivity index (χ0v) is 11.2. The molecular formula is C16H16FNO2. The molecule has 2 atom stereocenters. The van der Waals surface area contributed by atoms with Gasteiger partial charge in [-0.05, 0) is 35.9 Å². The SMILES string of the molecule is COc1ccc2c(c1)[C@H](N)CC(c1ccc(F)cc1)O2. The normalized spacial score (nSPS) is 20.9. The van der Waals surface area contributed by atoms with Crippen LogP contribution in [0, 0.1) is 5.82 Å². The van der Waals surface area contributed by atoms with E-state index in [4.69, 9.17) is 15.2 Å². The number of hydrogen-bond donors (Lipinski definition) is 1. The van der Waals surface area contributed by atoms with Gasteiger partial charge < -0.3 is 15.2 Å². The van der Waals surface area contributed by atoms with E-state index in [1.807, 2.05) is 18.2 Å². The number of hydrogen-bond acceptors (Lipinski definition) is 3. The van der Waals surface area contributed by atoms with Crippen molar-refractivity contribution in [3.8, 4) is 11.5 Å². The van der Waals surface area contributed by atoms with Crippen molar-refractivity contribution in [3.63, 3.8) is 0 Å². The molecule has 0 amide bonds. The summed E-state index contributed by atoms with van der Waals surface area (Å²) in [4.78, 5) is 0. The predicted molar refractivity (Wildman–Crippen MR) is 74.3 cm³/mol. The molecule has 104 valence electrons. The topological polar surface area (TPSA) is 44.5 Å². The number of fused-ring (bicyclic) bond motifs is 1. The van der Waals surface area contributed by atoms with E-state index in [1.165, 1.54) is 12.1 Å². The zero-order valence-electron chi connectivity index (χ0n) is 11.2. The summed E-state index contributed by atoms with van der Waals surface area (Å²) < 4.78 is 24.1. The Bertz CT molecular complexity index is 612. The van der Waals surface area contributed by atoms with Crippen molar-refractivity contribution in [3.05, 3.63) is 59.4 Å². The van der Waals surface area contributed by atoms with Crippen LogP contribution in [-0.4, -0.2) is 7.11 Å². The summed E-state index contributed by atoms with van der Waals surface area (Å²) in [5.74, 6) is 1.28. The lowest BCUT2D eigenvalue weighted by Gasteiger charge is -2.30. The molecule has 0 aromatic heterocycles. The number of nitrogens with two attached hydrogens (primary N) is 1. The third-order valence-corrected chi connectivity index (χ3v) is 3.60. The molecule has 2 aromatic rings.